The number of nitrogens with one attached hydrogen (secondary N) is 1. The number of carbonyl (C=O) groups is 3. The van der Waals surface area contributed by atoms with Crippen LogP contribution in [0.1, 0.15) is 13.8 Å². The first-order chi connectivity index (χ1) is 16.7. The zero-order chi connectivity index (χ0) is 25.1. The van der Waals surface area contributed by atoms with Crippen LogP contribution in [-0.2, 0) is 14.4 Å². The van der Waals surface area contributed by atoms with Gasteiger partial charge in [-0.15, -0.1) is 0 Å². The van der Waals surface area contributed by atoms with Gasteiger partial charge in [0.25, 0.3) is 5.91 Å². The average Bonchev–Trinajstić information content (AvgIpc) is 3.29. The van der Waals surface area contributed by atoms with Gasteiger partial charge in [-0.3, -0.25) is 19.3 Å². The highest BCUT2D eigenvalue weighted by Gasteiger charge is 2.33. The van der Waals surface area contributed by atoms with Gasteiger partial charge in [-0.2, -0.15) is 0 Å². The monoisotopic (exact) mass is 525 g/mol. The molecule has 0 bridgehead atoms. The van der Waals surface area contributed by atoms with Gasteiger partial charge in [0, 0.05) is 24.9 Å². The van der Waals surface area contributed by atoms with E-state index in [0.717, 1.165) is 43.2 Å². The third-order valence-corrected chi connectivity index (χ3v) is 7.92. The summed E-state index contributed by atoms with van der Waals surface area (Å²) < 4.78 is 0.243. The Labute approximate surface area is 216 Å². The second-order valence-electron chi connectivity index (χ2n) is 7.95. The number of hydrogen-bond donors (Lipinski definition) is 2. The molecule has 4 rings (SSSR count). The molecule has 2 amide bonds. The molecule has 2 N–H and O–H groups in total. The van der Waals surface area contributed by atoms with Crippen molar-refractivity contribution < 1.29 is 19.5 Å². The SMILES string of the molecule is CC(=O)NCCN1C(=CC=C(C)C=C2SC(=S)N(CC(=O)O)C2=O)Sc2c1ccc1ccccc21. The van der Waals surface area contributed by atoms with Crippen molar-refractivity contribution in [3.05, 3.63) is 70.1 Å². The van der Waals surface area contributed by atoms with Crippen LogP contribution in [0, 0.1) is 0 Å². The van der Waals surface area contributed by atoms with E-state index in [1.807, 2.05) is 31.2 Å². The van der Waals surface area contributed by atoms with Crippen LogP contribution in [0.5, 0.6) is 0 Å². The van der Waals surface area contributed by atoms with Crippen LogP contribution in [-0.4, -0.2) is 51.7 Å². The topological polar surface area (TPSA) is 90.0 Å². The van der Waals surface area contributed by atoms with Crippen molar-refractivity contribution >= 4 is 74.3 Å². The number of thiocarbonyl (C=S) groups is 1. The maximum absolute atomic E-state index is 12.5. The van der Waals surface area contributed by atoms with Gasteiger partial charge in [0.2, 0.25) is 5.91 Å². The maximum atomic E-state index is 12.5. The quantitative estimate of drug-likeness (QED) is 0.403. The fraction of sp³-hybridized carbons (Fsp3) is 0.200. The molecule has 2 aliphatic rings. The number of allylic oxidation sites excluding steroid dienone is 4. The fourth-order valence-electron chi connectivity index (χ4n) is 3.76. The number of nitrogens with zero attached hydrogens (tertiary/aromatic N) is 2. The molecule has 1 saturated heterocycles. The van der Waals surface area contributed by atoms with E-state index in [-0.39, 0.29) is 10.2 Å². The maximum Gasteiger partial charge on any atom is 0.323 e. The molecule has 7 nitrogen and oxygen atoms in total. The number of benzene rings is 2. The Morgan fingerprint density at radius 2 is 1.89 bits per heavy atom. The zero-order valence-electron chi connectivity index (χ0n) is 19.1. The number of aliphatic carboxylic acids is 1. The highest BCUT2D eigenvalue weighted by atomic mass is 32.2. The van der Waals surface area contributed by atoms with E-state index in [2.05, 4.69) is 34.5 Å². The number of fused-ring (bicyclic) bond motifs is 3. The Kier molecular flexibility index (Phi) is 7.63. The summed E-state index contributed by atoms with van der Waals surface area (Å²) in [6.45, 7) is 4.06. The van der Waals surface area contributed by atoms with Crippen LogP contribution < -0.4 is 10.2 Å². The van der Waals surface area contributed by atoms with Crippen molar-refractivity contribution in [1.82, 2.24) is 10.2 Å². The summed E-state index contributed by atoms with van der Waals surface area (Å²) in [4.78, 5) is 39.8. The average molecular weight is 526 g/mol. The van der Waals surface area contributed by atoms with Crippen molar-refractivity contribution in [1.29, 1.82) is 0 Å². The zero-order valence-corrected chi connectivity index (χ0v) is 21.6. The van der Waals surface area contributed by atoms with Crippen molar-refractivity contribution in [2.24, 2.45) is 0 Å². The summed E-state index contributed by atoms with van der Waals surface area (Å²) in [6.07, 6.45) is 5.64. The van der Waals surface area contributed by atoms with Crippen molar-refractivity contribution in [3.8, 4) is 0 Å². The number of carboxylic acid groups (broad SMARTS) is 1. The molecule has 180 valence electrons. The smallest absolute Gasteiger partial charge is 0.323 e. The highest BCUT2D eigenvalue weighted by Crippen LogP contribution is 2.49. The molecule has 2 aromatic carbocycles. The normalized spacial score (nSPS) is 18.2. The van der Waals surface area contributed by atoms with Crippen LogP contribution in [0.2, 0.25) is 0 Å². The lowest BCUT2D eigenvalue weighted by Gasteiger charge is -2.20. The largest absolute Gasteiger partial charge is 0.480 e. The van der Waals surface area contributed by atoms with E-state index in [1.54, 1.807) is 17.8 Å². The Bertz CT molecular complexity index is 1330. The molecule has 35 heavy (non-hydrogen) atoms. The van der Waals surface area contributed by atoms with Gasteiger partial charge in [-0.1, -0.05) is 72.1 Å². The van der Waals surface area contributed by atoms with Gasteiger partial charge in [-0.25, -0.2) is 0 Å². The van der Waals surface area contributed by atoms with Crippen molar-refractivity contribution in [2.45, 2.75) is 18.7 Å². The Hall–Kier alpha value is -3.08. The van der Waals surface area contributed by atoms with E-state index >= 15 is 0 Å². The minimum absolute atomic E-state index is 0.0722. The minimum atomic E-state index is -1.11. The number of carboxylic acids is 1. The van der Waals surface area contributed by atoms with Crippen LogP contribution in [0.3, 0.4) is 0 Å². The molecule has 0 aromatic heterocycles. The lowest BCUT2D eigenvalue weighted by Crippen LogP contribution is -2.33. The van der Waals surface area contributed by atoms with Crippen LogP contribution in [0.25, 0.3) is 10.8 Å². The summed E-state index contributed by atoms with van der Waals surface area (Å²) >= 11 is 7.94. The molecule has 0 spiro atoms. The lowest BCUT2D eigenvalue weighted by atomic mass is 10.1. The van der Waals surface area contributed by atoms with Crippen LogP contribution in [0.4, 0.5) is 5.69 Å². The molecule has 0 saturated carbocycles. The van der Waals surface area contributed by atoms with Crippen LogP contribution in [0.15, 0.2) is 75.0 Å². The Morgan fingerprint density at radius 1 is 1.11 bits per heavy atom. The lowest BCUT2D eigenvalue weighted by molar-refractivity contribution is -0.140. The number of rotatable bonds is 7. The second-order valence-corrected chi connectivity index (χ2v) is 10.7. The van der Waals surface area contributed by atoms with E-state index in [0.29, 0.717) is 18.0 Å². The number of hydrogen-bond acceptors (Lipinski definition) is 7. The molecule has 2 aliphatic heterocycles. The molecule has 2 heterocycles. The van der Waals surface area contributed by atoms with E-state index in [1.165, 1.54) is 12.3 Å². The summed E-state index contributed by atoms with van der Waals surface area (Å²) in [5.74, 6) is -1.57. The first kappa shape index (κ1) is 25.0. The first-order valence-electron chi connectivity index (χ1n) is 10.8. The predicted octanol–water partition coefficient (Wildman–Crippen LogP) is 4.50. The Morgan fingerprint density at radius 3 is 2.63 bits per heavy atom. The molecule has 1 fully saturated rings. The molecule has 0 aliphatic carbocycles. The highest BCUT2D eigenvalue weighted by molar-refractivity contribution is 8.26. The van der Waals surface area contributed by atoms with Gasteiger partial charge in [0.15, 0.2) is 0 Å². The summed E-state index contributed by atoms with van der Waals surface area (Å²) in [6, 6.07) is 12.4. The number of amides is 2. The first-order valence-corrected chi connectivity index (χ1v) is 12.9. The van der Waals surface area contributed by atoms with E-state index in [4.69, 9.17) is 17.3 Å². The Balaban J connectivity index is 1.61. The number of carbonyl (C=O) groups excluding carboxylic acids is 2. The second kappa shape index (κ2) is 10.7. The third-order valence-electron chi connectivity index (χ3n) is 5.35. The number of anilines is 1. The van der Waals surface area contributed by atoms with Gasteiger partial charge in [0.1, 0.15) is 10.9 Å². The van der Waals surface area contributed by atoms with Crippen LogP contribution >= 0.6 is 35.7 Å². The van der Waals surface area contributed by atoms with E-state index < -0.39 is 18.4 Å². The fourth-order valence-corrected chi connectivity index (χ4v) is 6.29. The van der Waals surface area contributed by atoms with Gasteiger partial charge < -0.3 is 15.3 Å². The number of thioether (sulfide) groups is 2. The van der Waals surface area contributed by atoms with Gasteiger partial charge in [-0.05, 0) is 41.5 Å². The standard InChI is InChI=1S/C25H23N3O4S3/c1-15(13-20-24(32)28(14-22(30)31)25(33)34-20)7-10-21-27(12-11-26-16(2)29)19-9-8-17-5-3-4-6-18(17)23(19)35-21/h3-10,13H,11-12,14H2,1-2H3,(H,26,29)(H,30,31). The third kappa shape index (κ3) is 5.61. The van der Waals surface area contributed by atoms with Crippen molar-refractivity contribution in [2.75, 3.05) is 24.5 Å². The molecule has 0 unspecified atom stereocenters. The summed E-state index contributed by atoms with van der Waals surface area (Å²) in [5, 5.41) is 15.2. The minimum Gasteiger partial charge on any atom is -0.480 e. The summed E-state index contributed by atoms with van der Waals surface area (Å²) in [5.41, 5.74) is 1.92. The molecule has 2 aromatic rings. The molecular formula is C25H23N3O4S3. The predicted molar refractivity (Wildman–Crippen MR) is 145 cm³/mol. The van der Waals surface area contributed by atoms with Gasteiger partial charge >= 0.3 is 5.97 Å². The van der Waals surface area contributed by atoms with Crippen molar-refractivity contribution in [3.63, 3.8) is 0 Å². The molecule has 0 radical (unpaired) electrons. The molecule has 10 heteroatoms. The molecule has 0 atom stereocenters. The molecular weight excluding hydrogens is 502 g/mol. The summed E-state index contributed by atoms with van der Waals surface area (Å²) in [7, 11) is 0. The van der Waals surface area contributed by atoms with Gasteiger partial charge in [0.05, 0.1) is 15.6 Å². The van der Waals surface area contributed by atoms with E-state index in [9.17, 15) is 14.4 Å².